The molecule has 1 amide bonds. The van der Waals surface area contributed by atoms with Gasteiger partial charge < -0.3 is 20.5 Å². The molecule has 21 heavy (non-hydrogen) atoms. The minimum atomic E-state index is -0.670. The van der Waals surface area contributed by atoms with Gasteiger partial charge in [-0.3, -0.25) is 4.79 Å². The van der Waals surface area contributed by atoms with Crippen molar-refractivity contribution in [3.8, 4) is 6.07 Å². The summed E-state index contributed by atoms with van der Waals surface area (Å²) in [5, 5.41) is 24.9. The number of hydrogen-bond donors (Lipinski definition) is 3. The summed E-state index contributed by atoms with van der Waals surface area (Å²) in [5.41, 5.74) is 1.59. The van der Waals surface area contributed by atoms with E-state index >= 15 is 0 Å². The Morgan fingerprint density at radius 1 is 1.57 bits per heavy atom. The molecule has 0 radical (unpaired) electrons. The van der Waals surface area contributed by atoms with Crippen LogP contribution in [-0.2, 0) is 16.1 Å². The summed E-state index contributed by atoms with van der Waals surface area (Å²) >= 11 is 0. The van der Waals surface area contributed by atoms with E-state index in [4.69, 9.17) is 10.00 Å². The molecule has 0 bridgehead atoms. The fourth-order valence-corrected chi connectivity index (χ4v) is 2.29. The lowest BCUT2D eigenvalue weighted by Gasteiger charge is -2.18. The van der Waals surface area contributed by atoms with Crippen molar-refractivity contribution >= 4 is 5.91 Å². The quantitative estimate of drug-likeness (QED) is 0.704. The van der Waals surface area contributed by atoms with Gasteiger partial charge in [0.05, 0.1) is 30.4 Å². The van der Waals surface area contributed by atoms with Crippen molar-refractivity contribution in [1.29, 1.82) is 5.26 Å². The molecule has 0 spiro atoms. The zero-order valence-electron chi connectivity index (χ0n) is 11.9. The number of nitrogens with zero attached hydrogens (tertiary/aromatic N) is 1. The Kier molecular flexibility index (Phi) is 5.28. The van der Waals surface area contributed by atoms with Crippen LogP contribution in [0.5, 0.6) is 0 Å². The minimum absolute atomic E-state index is 0.143. The average Bonchev–Trinajstić information content (AvgIpc) is 2.83. The molecule has 1 saturated heterocycles. The van der Waals surface area contributed by atoms with Crippen LogP contribution in [0.2, 0.25) is 0 Å². The molecular weight excluding hydrogens is 270 g/mol. The van der Waals surface area contributed by atoms with Gasteiger partial charge in [-0.15, -0.1) is 0 Å². The number of benzene rings is 1. The predicted octanol–water partition coefficient (Wildman–Crippen LogP) is -0.0877. The minimum Gasteiger partial charge on any atom is -0.389 e. The monoisotopic (exact) mass is 289 g/mol. The molecular formula is C15H19N3O3. The Morgan fingerprint density at radius 3 is 3.10 bits per heavy atom. The zero-order chi connectivity index (χ0) is 15.2. The first-order valence-electron chi connectivity index (χ1n) is 6.86. The predicted molar refractivity (Wildman–Crippen MR) is 76.2 cm³/mol. The van der Waals surface area contributed by atoms with Gasteiger partial charge in [0.25, 0.3) is 0 Å². The van der Waals surface area contributed by atoms with Crippen molar-refractivity contribution < 1.29 is 14.6 Å². The first kappa shape index (κ1) is 15.4. The highest BCUT2D eigenvalue weighted by Crippen LogP contribution is 2.15. The molecule has 0 saturated carbocycles. The molecule has 6 heteroatoms. The summed E-state index contributed by atoms with van der Waals surface area (Å²) in [6, 6.07) is 9.22. The summed E-state index contributed by atoms with van der Waals surface area (Å²) < 4.78 is 5.48. The highest BCUT2D eigenvalue weighted by molar-refractivity contribution is 5.72. The lowest BCUT2D eigenvalue weighted by atomic mass is 10.1. The van der Waals surface area contributed by atoms with Crippen LogP contribution in [0.4, 0.5) is 0 Å². The van der Waals surface area contributed by atoms with Crippen LogP contribution in [0.15, 0.2) is 24.3 Å². The molecule has 1 aromatic carbocycles. The third-order valence-corrected chi connectivity index (χ3v) is 3.46. The molecule has 1 aromatic rings. The lowest BCUT2D eigenvalue weighted by molar-refractivity contribution is -0.119. The number of aliphatic hydroxyl groups excluding tert-OH is 1. The largest absolute Gasteiger partial charge is 0.389 e. The number of carbonyl (C=O) groups excluding carboxylic acids is 1. The van der Waals surface area contributed by atoms with Crippen LogP contribution in [0.3, 0.4) is 0 Å². The number of rotatable bonds is 5. The van der Waals surface area contributed by atoms with Crippen LogP contribution in [0.1, 0.15) is 18.1 Å². The normalized spacial score (nSPS) is 24.5. The van der Waals surface area contributed by atoms with Crippen molar-refractivity contribution in [2.24, 2.45) is 0 Å². The van der Waals surface area contributed by atoms with E-state index in [1.54, 1.807) is 6.07 Å². The van der Waals surface area contributed by atoms with Crippen molar-refractivity contribution in [3.05, 3.63) is 35.4 Å². The summed E-state index contributed by atoms with van der Waals surface area (Å²) in [7, 11) is 0. The van der Waals surface area contributed by atoms with Crippen LogP contribution >= 0.6 is 0 Å². The fraction of sp³-hybridized carbons (Fsp3) is 0.467. The summed E-state index contributed by atoms with van der Waals surface area (Å²) in [6.07, 6.45) is -1.06. The average molecular weight is 289 g/mol. The van der Waals surface area contributed by atoms with Gasteiger partial charge in [-0.2, -0.15) is 5.26 Å². The first-order valence-corrected chi connectivity index (χ1v) is 6.86. The molecule has 112 valence electrons. The van der Waals surface area contributed by atoms with Gasteiger partial charge in [0, 0.05) is 20.0 Å². The molecule has 3 atom stereocenters. The molecule has 0 aromatic heterocycles. The topological polar surface area (TPSA) is 94.4 Å². The second-order valence-electron chi connectivity index (χ2n) is 5.10. The van der Waals surface area contributed by atoms with Gasteiger partial charge in [-0.1, -0.05) is 12.1 Å². The maximum atomic E-state index is 10.9. The Hall–Kier alpha value is -1.94. The number of hydrogen-bond acceptors (Lipinski definition) is 5. The number of amides is 1. The molecule has 1 heterocycles. The highest BCUT2D eigenvalue weighted by Gasteiger charge is 2.35. The molecule has 1 aliphatic heterocycles. The lowest BCUT2D eigenvalue weighted by Crippen LogP contribution is -2.44. The van der Waals surface area contributed by atoms with Gasteiger partial charge in [-0.05, 0) is 17.7 Å². The number of ether oxygens (including phenoxy) is 1. The van der Waals surface area contributed by atoms with Gasteiger partial charge >= 0.3 is 0 Å². The third-order valence-electron chi connectivity index (χ3n) is 3.46. The van der Waals surface area contributed by atoms with Crippen LogP contribution in [0, 0.1) is 11.3 Å². The molecule has 2 rings (SSSR count). The molecule has 1 aliphatic rings. The second kappa shape index (κ2) is 7.18. The van der Waals surface area contributed by atoms with E-state index in [1.807, 2.05) is 18.2 Å². The Labute approximate surface area is 123 Å². The van der Waals surface area contributed by atoms with Crippen molar-refractivity contribution in [1.82, 2.24) is 10.6 Å². The van der Waals surface area contributed by atoms with Gasteiger partial charge in [-0.25, -0.2) is 0 Å². The molecule has 6 nitrogen and oxygen atoms in total. The smallest absolute Gasteiger partial charge is 0.216 e. The van der Waals surface area contributed by atoms with E-state index in [9.17, 15) is 9.90 Å². The van der Waals surface area contributed by atoms with Gasteiger partial charge in [0.1, 0.15) is 6.10 Å². The van der Waals surface area contributed by atoms with E-state index in [0.29, 0.717) is 25.3 Å². The summed E-state index contributed by atoms with van der Waals surface area (Å²) in [4.78, 5) is 10.9. The van der Waals surface area contributed by atoms with E-state index in [-0.39, 0.29) is 11.9 Å². The van der Waals surface area contributed by atoms with E-state index in [1.165, 1.54) is 6.92 Å². The van der Waals surface area contributed by atoms with E-state index in [2.05, 4.69) is 16.7 Å². The summed E-state index contributed by atoms with van der Waals surface area (Å²) in [6.45, 7) is 2.68. The molecule has 3 N–H and O–H groups in total. The number of nitriles is 1. The standard InChI is InChI=1S/C15H19N3O3/c1-10(19)17-8-14-15(20)13(9-21-14)18-7-12-4-2-3-11(5-12)6-16/h2-5,13-15,18,20H,7-9H2,1H3,(H,17,19). The SMILES string of the molecule is CC(=O)NCC1OCC(NCc2cccc(C#N)c2)C1O. The van der Waals surface area contributed by atoms with Crippen molar-refractivity contribution in [3.63, 3.8) is 0 Å². The second-order valence-corrected chi connectivity index (χ2v) is 5.10. The highest BCUT2D eigenvalue weighted by atomic mass is 16.5. The van der Waals surface area contributed by atoms with Gasteiger partial charge in [0.2, 0.25) is 5.91 Å². The van der Waals surface area contributed by atoms with Crippen molar-refractivity contribution in [2.45, 2.75) is 31.7 Å². The third kappa shape index (κ3) is 4.26. The fourth-order valence-electron chi connectivity index (χ4n) is 2.29. The zero-order valence-corrected chi connectivity index (χ0v) is 11.9. The van der Waals surface area contributed by atoms with Crippen LogP contribution in [-0.4, -0.2) is 42.4 Å². The van der Waals surface area contributed by atoms with Crippen molar-refractivity contribution in [2.75, 3.05) is 13.2 Å². The van der Waals surface area contributed by atoms with E-state index in [0.717, 1.165) is 5.56 Å². The first-order chi connectivity index (χ1) is 10.1. The number of nitrogens with one attached hydrogen (secondary N) is 2. The van der Waals surface area contributed by atoms with Gasteiger partial charge in [0.15, 0.2) is 0 Å². The number of carbonyl (C=O) groups is 1. The molecule has 3 unspecified atom stereocenters. The molecule has 0 aliphatic carbocycles. The summed E-state index contributed by atoms with van der Waals surface area (Å²) in [5.74, 6) is -0.143. The van der Waals surface area contributed by atoms with E-state index < -0.39 is 12.2 Å². The Balaban J connectivity index is 1.84. The Bertz CT molecular complexity index is 541. The maximum absolute atomic E-state index is 10.9. The molecule has 1 fully saturated rings. The van der Waals surface area contributed by atoms with Crippen LogP contribution in [0.25, 0.3) is 0 Å². The van der Waals surface area contributed by atoms with Crippen LogP contribution < -0.4 is 10.6 Å². The number of aliphatic hydroxyl groups is 1. The maximum Gasteiger partial charge on any atom is 0.216 e. The Morgan fingerprint density at radius 2 is 2.38 bits per heavy atom.